The molecule has 2 saturated carbocycles. The van der Waals surface area contributed by atoms with E-state index in [0.717, 1.165) is 49.3 Å². The lowest BCUT2D eigenvalue weighted by molar-refractivity contribution is -0.140. The molecule has 0 unspecified atom stereocenters. The number of unbranched alkanes of at least 4 members (excludes halogenated alkanes) is 1. The molecule has 3 aromatic rings. The molecule has 0 atom stereocenters. The zero-order valence-electron chi connectivity index (χ0n) is 21.9. The third-order valence-electron chi connectivity index (χ3n) is 8.32. The van der Waals surface area contributed by atoms with Crippen LogP contribution in [0, 0.1) is 11.8 Å². The molecule has 0 amide bonds. The molecule has 1 aromatic heterocycles. The maximum Gasteiger partial charge on any atom is 0.314 e. The zero-order chi connectivity index (χ0) is 24.9. The fourth-order valence-electron chi connectivity index (χ4n) is 5.89. The summed E-state index contributed by atoms with van der Waals surface area (Å²) in [5, 5.41) is 5.14. The van der Waals surface area contributed by atoms with Gasteiger partial charge in [0.05, 0.1) is 23.3 Å². The van der Waals surface area contributed by atoms with E-state index in [2.05, 4.69) is 61.0 Å². The van der Waals surface area contributed by atoms with Gasteiger partial charge >= 0.3 is 5.97 Å². The number of aromatic nitrogens is 2. The Morgan fingerprint density at radius 1 is 0.917 bits per heavy atom. The van der Waals surface area contributed by atoms with E-state index in [9.17, 15) is 4.79 Å². The molecular weight excluding hydrogens is 444 g/mol. The van der Waals surface area contributed by atoms with Gasteiger partial charge in [0.25, 0.3) is 0 Å². The molecule has 0 saturated heterocycles. The highest BCUT2D eigenvalue weighted by Gasteiger charge is 2.29. The summed E-state index contributed by atoms with van der Waals surface area (Å²) in [5.74, 6) is 1.43. The van der Waals surface area contributed by atoms with Crippen LogP contribution < -0.4 is 4.74 Å². The highest BCUT2D eigenvalue weighted by atomic mass is 16.5. The fraction of sp³-hybridized carbons (Fsp3) is 0.500. The lowest BCUT2D eigenvalue weighted by Gasteiger charge is -2.28. The molecule has 4 nitrogen and oxygen atoms in total. The Labute approximate surface area is 216 Å². The molecule has 2 aliphatic rings. The number of hydrogen-bond donors (Lipinski definition) is 0. The highest BCUT2D eigenvalue weighted by molar-refractivity contribution is 5.77. The van der Waals surface area contributed by atoms with Gasteiger partial charge in [0.1, 0.15) is 5.75 Å². The number of ether oxygens (including phenoxy) is 1. The van der Waals surface area contributed by atoms with Gasteiger partial charge in [0.2, 0.25) is 0 Å². The minimum Gasteiger partial charge on any atom is -0.426 e. The van der Waals surface area contributed by atoms with Crippen LogP contribution >= 0.6 is 0 Å². The van der Waals surface area contributed by atoms with E-state index in [1.165, 1.54) is 55.3 Å². The van der Waals surface area contributed by atoms with Crippen molar-refractivity contribution in [1.29, 1.82) is 0 Å². The number of esters is 1. The monoisotopic (exact) mass is 484 g/mol. The Kier molecular flexibility index (Phi) is 7.89. The van der Waals surface area contributed by atoms with Gasteiger partial charge in [-0.3, -0.25) is 9.48 Å². The Balaban J connectivity index is 1.33. The summed E-state index contributed by atoms with van der Waals surface area (Å²) in [6.45, 7) is 4.46. The van der Waals surface area contributed by atoms with Crippen molar-refractivity contribution in [2.75, 3.05) is 0 Å². The quantitative estimate of drug-likeness (QED) is 0.226. The highest BCUT2D eigenvalue weighted by Crippen LogP contribution is 2.40. The third-order valence-corrected chi connectivity index (χ3v) is 8.32. The van der Waals surface area contributed by atoms with Gasteiger partial charge < -0.3 is 4.74 Å². The Morgan fingerprint density at radius 3 is 2.25 bits per heavy atom. The summed E-state index contributed by atoms with van der Waals surface area (Å²) >= 11 is 0. The maximum atomic E-state index is 12.9. The SMILES string of the molecule is CCCCC1CCC(C(=O)Oc2ccc(-c3c(CC)c(-c4ccccc4)nn3C3CCC3)cc2)CC1. The Morgan fingerprint density at radius 2 is 1.64 bits per heavy atom. The third kappa shape index (κ3) is 5.28. The molecule has 5 rings (SSSR count). The molecule has 0 spiro atoms. The van der Waals surface area contributed by atoms with Crippen molar-refractivity contribution >= 4 is 5.97 Å². The second kappa shape index (κ2) is 11.5. The molecule has 0 radical (unpaired) electrons. The van der Waals surface area contributed by atoms with Crippen molar-refractivity contribution in [3.63, 3.8) is 0 Å². The van der Waals surface area contributed by atoms with Crippen molar-refractivity contribution < 1.29 is 9.53 Å². The van der Waals surface area contributed by atoms with Crippen molar-refractivity contribution in [2.45, 2.75) is 90.5 Å². The first-order chi connectivity index (χ1) is 17.7. The molecule has 2 fully saturated rings. The van der Waals surface area contributed by atoms with Crippen LogP contribution in [-0.4, -0.2) is 15.7 Å². The molecule has 2 aliphatic carbocycles. The van der Waals surface area contributed by atoms with Crippen LogP contribution in [0.1, 0.15) is 89.7 Å². The van der Waals surface area contributed by atoms with E-state index in [1.54, 1.807) is 0 Å². The summed E-state index contributed by atoms with van der Waals surface area (Å²) in [6.07, 6.45) is 12.7. The number of hydrogen-bond acceptors (Lipinski definition) is 3. The van der Waals surface area contributed by atoms with E-state index >= 15 is 0 Å². The summed E-state index contributed by atoms with van der Waals surface area (Å²) in [5.41, 5.74) is 5.90. The van der Waals surface area contributed by atoms with Gasteiger partial charge in [-0.2, -0.15) is 5.10 Å². The van der Waals surface area contributed by atoms with Crippen LogP contribution in [0.25, 0.3) is 22.5 Å². The molecule has 0 N–H and O–H groups in total. The normalized spacial score (nSPS) is 20.2. The summed E-state index contributed by atoms with van der Waals surface area (Å²) in [6, 6.07) is 19.1. The minimum absolute atomic E-state index is 0.0442. The molecule has 0 aliphatic heterocycles. The van der Waals surface area contributed by atoms with E-state index < -0.39 is 0 Å². The van der Waals surface area contributed by atoms with Gasteiger partial charge in [-0.05, 0) is 81.5 Å². The maximum absolute atomic E-state index is 12.9. The molecule has 1 heterocycles. The van der Waals surface area contributed by atoms with Crippen molar-refractivity contribution in [3.8, 4) is 28.3 Å². The number of carbonyl (C=O) groups excluding carboxylic acids is 1. The van der Waals surface area contributed by atoms with Crippen LogP contribution in [0.4, 0.5) is 0 Å². The van der Waals surface area contributed by atoms with E-state index in [4.69, 9.17) is 9.84 Å². The minimum atomic E-state index is -0.0585. The lowest BCUT2D eigenvalue weighted by atomic mass is 9.80. The number of carbonyl (C=O) groups is 1. The standard InChI is InChI=1S/C32H40N2O2/c1-3-5-10-23-15-17-26(18-16-23)32(35)36-28-21-19-25(20-22-28)31-29(4-2)30(24-11-7-6-8-12-24)33-34(31)27-13-9-14-27/h6-8,11-12,19-23,26-27H,3-5,9-10,13-18H2,1-2H3. The largest absolute Gasteiger partial charge is 0.426 e. The second-order valence-corrected chi connectivity index (χ2v) is 10.7. The summed E-state index contributed by atoms with van der Waals surface area (Å²) < 4.78 is 8.11. The lowest BCUT2D eigenvalue weighted by Crippen LogP contribution is -2.25. The van der Waals surface area contributed by atoms with E-state index in [0.29, 0.717) is 11.8 Å². The Bertz CT molecular complexity index is 1140. The zero-order valence-corrected chi connectivity index (χ0v) is 21.9. The number of nitrogens with zero attached hydrogens (tertiary/aromatic N) is 2. The summed E-state index contributed by atoms with van der Waals surface area (Å²) in [4.78, 5) is 12.9. The summed E-state index contributed by atoms with van der Waals surface area (Å²) in [7, 11) is 0. The molecule has 36 heavy (non-hydrogen) atoms. The van der Waals surface area contributed by atoms with Crippen LogP contribution in [0.15, 0.2) is 54.6 Å². The first kappa shape index (κ1) is 24.8. The predicted octanol–water partition coefficient (Wildman–Crippen LogP) is 8.41. The number of rotatable bonds is 9. The number of benzene rings is 2. The van der Waals surface area contributed by atoms with E-state index in [-0.39, 0.29) is 11.9 Å². The van der Waals surface area contributed by atoms with Crippen molar-refractivity contribution in [3.05, 3.63) is 60.2 Å². The smallest absolute Gasteiger partial charge is 0.314 e. The van der Waals surface area contributed by atoms with Gasteiger partial charge in [0, 0.05) is 16.7 Å². The average molecular weight is 485 g/mol. The van der Waals surface area contributed by atoms with Gasteiger partial charge in [-0.1, -0.05) is 63.4 Å². The topological polar surface area (TPSA) is 44.1 Å². The predicted molar refractivity (Wildman–Crippen MR) is 146 cm³/mol. The van der Waals surface area contributed by atoms with Gasteiger partial charge in [0.15, 0.2) is 0 Å². The van der Waals surface area contributed by atoms with Crippen LogP contribution in [0.5, 0.6) is 5.75 Å². The van der Waals surface area contributed by atoms with Crippen molar-refractivity contribution in [2.24, 2.45) is 11.8 Å². The van der Waals surface area contributed by atoms with Crippen LogP contribution in [0.2, 0.25) is 0 Å². The molecule has 0 bridgehead atoms. The first-order valence-electron chi connectivity index (χ1n) is 14.2. The fourth-order valence-corrected chi connectivity index (χ4v) is 5.89. The molecule has 190 valence electrons. The van der Waals surface area contributed by atoms with Gasteiger partial charge in [-0.25, -0.2) is 0 Å². The van der Waals surface area contributed by atoms with E-state index in [1.807, 2.05) is 12.1 Å². The van der Waals surface area contributed by atoms with Crippen LogP contribution in [0.3, 0.4) is 0 Å². The van der Waals surface area contributed by atoms with Crippen LogP contribution in [-0.2, 0) is 11.2 Å². The second-order valence-electron chi connectivity index (χ2n) is 10.7. The first-order valence-corrected chi connectivity index (χ1v) is 14.2. The molecule has 4 heteroatoms. The Hall–Kier alpha value is -2.88. The van der Waals surface area contributed by atoms with Crippen molar-refractivity contribution in [1.82, 2.24) is 9.78 Å². The van der Waals surface area contributed by atoms with Gasteiger partial charge in [-0.15, -0.1) is 0 Å². The molecular formula is C32H40N2O2. The average Bonchev–Trinajstić information content (AvgIpc) is 3.26. The molecule has 2 aromatic carbocycles.